The Balaban J connectivity index is 0.000000221. The molecule has 0 radical (unpaired) electrons. The van der Waals surface area contributed by atoms with Crippen molar-refractivity contribution < 1.29 is 24.4 Å². The molecule has 0 spiro atoms. The molecule has 10 nitrogen and oxygen atoms in total. The van der Waals surface area contributed by atoms with Crippen LogP contribution in [0.1, 0.15) is 82.5 Å². The number of nitrogens with two attached hydrogens (primary N) is 1. The Morgan fingerprint density at radius 2 is 1.50 bits per heavy atom. The molecule has 38 heavy (non-hydrogen) atoms. The van der Waals surface area contributed by atoms with E-state index >= 15 is 0 Å². The summed E-state index contributed by atoms with van der Waals surface area (Å²) in [5.41, 5.74) is 7.70. The molecule has 2 heterocycles. The summed E-state index contributed by atoms with van der Waals surface area (Å²) in [5, 5.41) is 20.1. The van der Waals surface area contributed by atoms with Crippen LogP contribution in [0.3, 0.4) is 0 Å². The molecule has 3 N–H and O–H groups in total. The Morgan fingerprint density at radius 3 is 2.05 bits per heavy atom. The molecule has 2 aliphatic rings. The lowest BCUT2D eigenvalue weighted by molar-refractivity contribution is -0.385. The van der Waals surface area contributed by atoms with E-state index in [-0.39, 0.29) is 23.9 Å². The van der Waals surface area contributed by atoms with Crippen molar-refractivity contribution >= 4 is 23.6 Å². The molecular formula is C28H38N4O6. The molecule has 0 aromatic heterocycles. The van der Waals surface area contributed by atoms with Gasteiger partial charge in [0, 0.05) is 30.9 Å². The summed E-state index contributed by atoms with van der Waals surface area (Å²) in [7, 11) is 0. The van der Waals surface area contributed by atoms with Gasteiger partial charge in [-0.25, -0.2) is 9.59 Å². The van der Waals surface area contributed by atoms with Crippen molar-refractivity contribution in [1.29, 1.82) is 0 Å². The first-order valence-corrected chi connectivity index (χ1v) is 13.1. The summed E-state index contributed by atoms with van der Waals surface area (Å²) in [6, 6.07) is 13.8. The number of nitrogens with zero attached hydrogens (tertiary/aromatic N) is 3. The van der Waals surface area contributed by atoms with E-state index in [2.05, 4.69) is 0 Å². The van der Waals surface area contributed by atoms with Crippen LogP contribution in [0.4, 0.5) is 21.0 Å². The molecule has 10 heteroatoms. The number of ether oxygens (including phenoxy) is 1. The van der Waals surface area contributed by atoms with Gasteiger partial charge in [0.05, 0.1) is 17.0 Å². The standard InChI is InChI=1S/C16H22N2O4.C12H16N2O2/c1-16(2,3)22-15(19)17-10-5-4-9-14(17)12-7-6-8-13(11-12)18(20)21;13-10-5-3-4-9(8-10)11-6-1-2-7-14(11)12(15)16/h6-8,11,14H,4-5,9-10H2,1-3H3;3-5,8,11H,1-2,6-7,13H2,(H,15,16). The Labute approximate surface area is 223 Å². The summed E-state index contributed by atoms with van der Waals surface area (Å²) in [5.74, 6) is 0. The SMILES string of the molecule is CC(C)(C)OC(=O)N1CCCCC1c1cccc([N+](=O)[O-])c1.Nc1cccc(C2CCCCN2C(=O)O)c1. The number of likely N-dealkylation sites (tertiary alicyclic amines) is 2. The zero-order valence-electron chi connectivity index (χ0n) is 22.3. The molecular weight excluding hydrogens is 488 g/mol. The van der Waals surface area contributed by atoms with Crippen molar-refractivity contribution in [2.75, 3.05) is 18.8 Å². The van der Waals surface area contributed by atoms with Crippen molar-refractivity contribution in [2.24, 2.45) is 0 Å². The van der Waals surface area contributed by atoms with Gasteiger partial charge in [-0.2, -0.15) is 0 Å². The van der Waals surface area contributed by atoms with E-state index in [1.54, 1.807) is 17.0 Å². The van der Waals surface area contributed by atoms with Gasteiger partial charge in [-0.05, 0) is 82.6 Å². The third-order valence-electron chi connectivity index (χ3n) is 6.64. The van der Waals surface area contributed by atoms with Gasteiger partial charge < -0.3 is 25.4 Å². The Kier molecular flexibility index (Phi) is 9.55. The summed E-state index contributed by atoms with van der Waals surface area (Å²) in [6.07, 6.45) is 4.41. The second-order valence-corrected chi connectivity index (χ2v) is 10.7. The van der Waals surface area contributed by atoms with Gasteiger partial charge >= 0.3 is 12.2 Å². The molecule has 206 valence electrons. The van der Waals surface area contributed by atoms with Crippen LogP contribution in [-0.4, -0.2) is 50.7 Å². The lowest BCUT2D eigenvalue weighted by Crippen LogP contribution is -2.41. The smallest absolute Gasteiger partial charge is 0.410 e. The van der Waals surface area contributed by atoms with Crippen LogP contribution in [0.15, 0.2) is 48.5 Å². The molecule has 2 amide bonds. The average molecular weight is 527 g/mol. The number of carbonyl (C=O) groups is 2. The summed E-state index contributed by atoms with van der Waals surface area (Å²) in [4.78, 5) is 37.2. The van der Waals surface area contributed by atoms with E-state index < -0.39 is 16.6 Å². The van der Waals surface area contributed by atoms with Crippen molar-refractivity contribution in [3.8, 4) is 0 Å². The largest absolute Gasteiger partial charge is 0.465 e. The normalized spacial score (nSPS) is 19.7. The quantitative estimate of drug-likeness (QED) is 0.263. The molecule has 0 saturated carbocycles. The van der Waals surface area contributed by atoms with Crippen LogP contribution in [-0.2, 0) is 4.74 Å². The molecule has 2 aromatic rings. The number of hydrogen-bond donors (Lipinski definition) is 2. The van der Waals surface area contributed by atoms with Crippen molar-refractivity contribution in [1.82, 2.24) is 9.80 Å². The maximum absolute atomic E-state index is 12.4. The Morgan fingerprint density at radius 1 is 0.947 bits per heavy atom. The van der Waals surface area contributed by atoms with Crippen LogP contribution in [0, 0.1) is 10.1 Å². The summed E-state index contributed by atoms with van der Waals surface area (Å²) in [6.45, 7) is 6.72. The number of benzene rings is 2. The maximum Gasteiger partial charge on any atom is 0.410 e. The van der Waals surface area contributed by atoms with Gasteiger partial charge in [0.1, 0.15) is 5.60 Å². The zero-order valence-corrected chi connectivity index (χ0v) is 22.3. The number of piperidine rings is 2. The van der Waals surface area contributed by atoms with Gasteiger partial charge in [0.2, 0.25) is 0 Å². The topological polar surface area (TPSA) is 139 Å². The van der Waals surface area contributed by atoms with Gasteiger partial charge in [-0.3, -0.25) is 10.1 Å². The Hall–Kier alpha value is -3.82. The molecule has 2 fully saturated rings. The van der Waals surface area contributed by atoms with E-state index in [1.165, 1.54) is 11.0 Å². The van der Waals surface area contributed by atoms with Gasteiger partial charge in [0.25, 0.3) is 5.69 Å². The predicted octanol–water partition coefficient (Wildman–Crippen LogP) is 6.53. The number of non-ortho nitro benzene ring substituents is 1. The molecule has 2 aliphatic heterocycles. The number of carbonyl (C=O) groups excluding carboxylic acids is 1. The number of nitro benzene ring substituents is 1. The van der Waals surface area contributed by atoms with Crippen LogP contribution < -0.4 is 5.73 Å². The van der Waals surface area contributed by atoms with Crippen molar-refractivity contribution in [2.45, 2.75) is 77.0 Å². The van der Waals surface area contributed by atoms with Crippen LogP contribution in [0.2, 0.25) is 0 Å². The third-order valence-corrected chi connectivity index (χ3v) is 6.64. The zero-order chi connectivity index (χ0) is 27.9. The summed E-state index contributed by atoms with van der Waals surface area (Å²) < 4.78 is 5.46. The minimum absolute atomic E-state index is 0.0326. The minimum atomic E-state index is -0.841. The predicted molar refractivity (Wildman–Crippen MR) is 145 cm³/mol. The number of anilines is 1. The van der Waals surface area contributed by atoms with Crippen LogP contribution in [0.5, 0.6) is 0 Å². The summed E-state index contributed by atoms with van der Waals surface area (Å²) >= 11 is 0. The highest BCUT2D eigenvalue weighted by Gasteiger charge is 2.32. The number of rotatable bonds is 3. The van der Waals surface area contributed by atoms with E-state index in [0.29, 0.717) is 18.8 Å². The lowest BCUT2D eigenvalue weighted by Gasteiger charge is -2.37. The number of nitro groups is 1. The van der Waals surface area contributed by atoms with Crippen molar-refractivity contribution in [3.63, 3.8) is 0 Å². The maximum atomic E-state index is 12.4. The molecule has 2 unspecified atom stereocenters. The first-order chi connectivity index (χ1) is 18.0. The molecule has 0 aliphatic carbocycles. The second-order valence-electron chi connectivity index (χ2n) is 10.7. The molecule has 2 atom stereocenters. The van der Waals surface area contributed by atoms with Gasteiger partial charge in [0.15, 0.2) is 0 Å². The highest BCUT2D eigenvalue weighted by molar-refractivity contribution is 5.69. The minimum Gasteiger partial charge on any atom is -0.465 e. The Bertz CT molecular complexity index is 1130. The number of amides is 2. The molecule has 2 aromatic carbocycles. The van der Waals surface area contributed by atoms with E-state index in [1.807, 2.05) is 51.1 Å². The van der Waals surface area contributed by atoms with Crippen molar-refractivity contribution in [3.05, 3.63) is 69.8 Å². The molecule has 0 bridgehead atoms. The number of nitrogen functional groups attached to an aromatic ring is 1. The van der Waals surface area contributed by atoms with Gasteiger partial charge in [-0.15, -0.1) is 0 Å². The molecule has 2 saturated heterocycles. The highest BCUT2D eigenvalue weighted by Crippen LogP contribution is 2.34. The fraction of sp³-hybridized carbons (Fsp3) is 0.500. The van der Waals surface area contributed by atoms with E-state index in [4.69, 9.17) is 15.6 Å². The molecule has 4 rings (SSSR count). The van der Waals surface area contributed by atoms with Crippen LogP contribution in [0.25, 0.3) is 0 Å². The number of carboxylic acid groups (broad SMARTS) is 1. The first kappa shape index (κ1) is 28.7. The highest BCUT2D eigenvalue weighted by atomic mass is 16.6. The second kappa shape index (κ2) is 12.6. The van der Waals surface area contributed by atoms with E-state index in [0.717, 1.165) is 49.7 Å². The van der Waals surface area contributed by atoms with Gasteiger partial charge in [-0.1, -0.05) is 24.3 Å². The monoisotopic (exact) mass is 526 g/mol. The lowest BCUT2D eigenvalue weighted by atomic mass is 9.95. The van der Waals surface area contributed by atoms with E-state index in [9.17, 15) is 19.7 Å². The van der Waals surface area contributed by atoms with Crippen LogP contribution >= 0.6 is 0 Å². The third kappa shape index (κ3) is 7.84. The fourth-order valence-electron chi connectivity index (χ4n) is 4.94. The average Bonchev–Trinajstić information content (AvgIpc) is 2.88. The number of hydrogen-bond acceptors (Lipinski definition) is 6. The fourth-order valence-corrected chi connectivity index (χ4v) is 4.94. The first-order valence-electron chi connectivity index (χ1n) is 13.1.